The van der Waals surface area contributed by atoms with Crippen molar-refractivity contribution in [3.8, 4) is 5.75 Å². The van der Waals surface area contributed by atoms with Gasteiger partial charge in [0.15, 0.2) is 0 Å². The van der Waals surface area contributed by atoms with Crippen LogP contribution in [0.5, 0.6) is 5.75 Å². The minimum Gasteiger partial charge on any atom is -0.497 e. The van der Waals surface area contributed by atoms with E-state index in [1.54, 1.807) is 13.2 Å². The molecule has 0 amide bonds. The Balaban J connectivity index is 1.76. The SMILES string of the molecule is COc1ccc2c(c1)C1OCCCC1C(c1ccc(C(=O)O)cc1Cl)N2. The van der Waals surface area contributed by atoms with E-state index in [-0.39, 0.29) is 23.6 Å². The van der Waals surface area contributed by atoms with Crippen LogP contribution in [0.3, 0.4) is 0 Å². The highest BCUT2D eigenvalue weighted by molar-refractivity contribution is 6.31. The Kier molecular flexibility index (Phi) is 4.51. The number of fused-ring (bicyclic) bond motifs is 3. The summed E-state index contributed by atoms with van der Waals surface area (Å²) in [5, 5.41) is 13.2. The molecule has 26 heavy (non-hydrogen) atoms. The molecular weight excluding hydrogens is 354 g/mol. The molecule has 2 aromatic rings. The molecule has 2 heterocycles. The molecule has 0 spiro atoms. The van der Waals surface area contributed by atoms with E-state index in [0.717, 1.165) is 42.0 Å². The highest BCUT2D eigenvalue weighted by Crippen LogP contribution is 2.50. The second-order valence-corrected chi connectivity index (χ2v) is 7.12. The van der Waals surface area contributed by atoms with Gasteiger partial charge in [0.25, 0.3) is 0 Å². The number of anilines is 1. The predicted octanol–water partition coefficient (Wildman–Crippen LogP) is 4.68. The number of methoxy groups -OCH3 is 1. The Morgan fingerprint density at radius 2 is 2.12 bits per heavy atom. The van der Waals surface area contributed by atoms with Crippen molar-refractivity contribution in [1.29, 1.82) is 0 Å². The second-order valence-electron chi connectivity index (χ2n) is 6.71. The minimum absolute atomic E-state index is 0.0310. The lowest BCUT2D eigenvalue weighted by atomic mass is 9.77. The van der Waals surface area contributed by atoms with Crippen LogP contribution in [-0.4, -0.2) is 24.8 Å². The molecule has 0 saturated carbocycles. The molecule has 1 fully saturated rings. The number of ether oxygens (including phenoxy) is 2. The molecule has 2 aliphatic rings. The summed E-state index contributed by atoms with van der Waals surface area (Å²) in [7, 11) is 1.66. The van der Waals surface area contributed by atoms with E-state index in [9.17, 15) is 9.90 Å². The molecule has 2 aliphatic heterocycles. The molecule has 0 bridgehead atoms. The summed E-state index contributed by atoms with van der Waals surface area (Å²) in [6, 6.07) is 10.8. The number of nitrogens with one attached hydrogen (secondary N) is 1. The van der Waals surface area contributed by atoms with Gasteiger partial charge >= 0.3 is 5.97 Å². The Bertz CT molecular complexity index is 854. The van der Waals surface area contributed by atoms with Gasteiger partial charge in [0.1, 0.15) is 5.75 Å². The number of carboxylic acids is 1. The molecule has 3 atom stereocenters. The van der Waals surface area contributed by atoms with Gasteiger partial charge in [0.05, 0.1) is 24.8 Å². The van der Waals surface area contributed by atoms with Gasteiger partial charge in [0, 0.05) is 28.8 Å². The largest absolute Gasteiger partial charge is 0.497 e. The molecule has 0 aromatic heterocycles. The predicted molar refractivity (Wildman–Crippen MR) is 99.2 cm³/mol. The Labute approximate surface area is 156 Å². The van der Waals surface area contributed by atoms with Crippen LogP contribution in [0, 0.1) is 5.92 Å². The van der Waals surface area contributed by atoms with E-state index in [0.29, 0.717) is 5.02 Å². The third kappa shape index (κ3) is 2.91. The molecular formula is C20H20ClNO4. The smallest absolute Gasteiger partial charge is 0.335 e. The van der Waals surface area contributed by atoms with Crippen LogP contribution < -0.4 is 10.1 Å². The van der Waals surface area contributed by atoms with Crippen molar-refractivity contribution in [1.82, 2.24) is 0 Å². The van der Waals surface area contributed by atoms with Crippen LogP contribution in [-0.2, 0) is 4.74 Å². The average Bonchev–Trinajstić information content (AvgIpc) is 2.67. The highest BCUT2D eigenvalue weighted by Gasteiger charge is 2.40. The highest BCUT2D eigenvalue weighted by atomic mass is 35.5. The number of carbonyl (C=O) groups is 1. The Morgan fingerprint density at radius 1 is 1.27 bits per heavy atom. The van der Waals surface area contributed by atoms with E-state index in [2.05, 4.69) is 5.32 Å². The van der Waals surface area contributed by atoms with Crippen molar-refractivity contribution in [3.63, 3.8) is 0 Å². The van der Waals surface area contributed by atoms with E-state index < -0.39 is 5.97 Å². The molecule has 3 unspecified atom stereocenters. The fourth-order valence-corrected chi connectivity index (χ4v) is 4.29. The van der Waals surface area contributed by atoms with Crippen LogP contribution in [0.25, 0.3) is 0 Å². The van der Waals surface area contributed by atoms with Crippen LogP contribution in [0.15, 0.2) is 36.4 Å². The van der Waals surface area contributed by atoms with E-state index in [4.69, 9.17) is 21.1 Å². The van der Waals surface area contributed by atoms with Crippen molar-refractivity contribution < 1.29 is 19.4 Å². The first-order valence-corrected chi connectivity index (χ1v) is 9.05. The first-order valence-electron chi connectivity index (χ1n) is 8.67. The lowest BCUT2D eigenvalue weighted by Crippen LogP contribution is -2.36. The summed E-state index contributed by atoms with van der Waals surface area (Å²) in [5.74, 6) is 0.0451. The Hall–Kier alpha value is -2.24. The molecule has 1 saturated heterocycles. The van der Waals surface area contributed by atoms with Crippen molar-refractivity contribution in [2.24, 2.45) is 5.92 Å². The number of hydrogen-bond donors (Lipinski definition) is 2. The van der Waals surface area contributed by atoms with Gasteiger partial charge in [-0.2, -0.15) is 0 Å². The summed E-state index contributed by atoms with van der Waals surface area (Å²) in [6.45, 7) is 0.732. The third-order valence-corrected chi connectivity index (χ3v) is 5.58. The summed E-state index contributed by atoms with van der Waals surface area (Å²) in [5.41, 5.74) is 3.19. The zero-order valence-electron chi connectivity index (χ0n) is 14.4. The van der Waals surface area contributed by atoms with Gasteiger partial charge in [-0.25, -0.2) is 4.79 Å². The lowest BCUT2D eigenvalue weighted by molar-refractivity contribution is -0.0382. The van der Waals surface area contributed by atoms with Crippen LogP contribution >= 0.6 is 11.6 Å². The normalized spacial score (nSPS) is 24.2. The Morgan fingerprint density at radius 3 is 2.85 bits per heavy atom. The summed E-state index contributed by atoms with van der Waals surface area (Å²) in [4.78, 5) is 11.2. The summed E-state index contributed by atoms with van der Waals surface area (Å²) < 4.78 is 11.5. The number of carboxylic acid groups (broad SMARTS) is 1. The second kappa shape index (κ2) is 6.82. The van der Waals surface area contributed by atoms with Crippen molar-refractivity contribution in [2.75, 3.05) is 19.0 Å². The fraction of sp³-hybridized carbons (Fsp3) is 0.350. The minimum atomic E-state index is -0.980. The molecule has 136 valence electrons. The molecule has 4 rings (SSSR count). The van der Waals surface area contributed by atoms with Gasteiger partial charge in [-0.05, 0) is 48.7 Å². The zero-order chi connectivity index (χ0) is 18.3. The van der Waals surface area contributed by atoms with Crippen LogP contribution in [0.4, 0.5) is 5.69 Å². The molecule has 2 N–H and O–H groups in total. The van der Waals surface area contributed by atoms with Crippen LogP contribution in [0.2, 0.25) is 5.02 Å². The number of hydrogen-bond acceptors (Lipinski definition) is 4. The standard InChI is InChI=1S/C20H20ClNO4/c1-25-12-5-7-17-15(10-12)19-14(3-2-8-26-19)18(22-17)13-6-4-11(20(23)24)9-16(13)21/h4-7,9-10,14,18-19,22H,2-3,8H2,1H3,(H,23,24). The van der Waals surface area contributed by atoms with Crippen LogP contribution in [0.1, 0.15) is 46.5 Å². The number of benzene rings is 2. The van der Waals surface area contributed by atoms with Gasteiger partial charge in [-0.15, -0.1) is 0 Å². The number of halogens is 1. The topological polar surface area (TPSA) is 67.8 Å². The molecule has 2 aromatic carbocycles. The third-order valence-electron chi connectivity index (χ3n) is 5.25. The first-order chi connectivity index (χ1) is 12.6. The maximum Gasteiger partial charge on any atom is 0.335 e. The average molecular weight is 374 g/mol. The summed E-state index contributed by atoms with van der Waals surface area (Å²) >= 11 is 6.45. The zero-order valence-corrected chi connectivity index (χ0v) is 15.1. The quantitative estimate of drug-likeness (QED) is 0.817. The van der Waals surface area contributed by atoms with Gasteiger partial charge in [-0.1, -0.05) is 17.7 Å². The van der Waals surface area contributed by atoms with E-state index in [1.807, 2.05) is 24.3 Å². The molecule has 5 nitrogen and oxygen atoms in total. The van der Waals surface area contributed by atoms with Gasteiger partial charge in [-0.3, -0.25) is 0 Å². The molecule has 0 radical (unpaired) electrons. The number of aromatic carboxylic acids is 1. The van der Waals surface area contributed by atoms with Gasteiger partial charge < -0.3 is 19.9 Å². The lowest BCUT2D eigenvalue weighted by Gasteiger charge is -2.43. The van der Waals surface area contributed by atoms with Crippen molar-refractivity contribution >= 4 is 23.3 Å². The van der Waals surface area contributed by atoms with E-state index >= 15 is 0 Å². The van der Waals surface area contributed by atoms with Crippen molar-refractivity contribution in [2.45, 2.75) is 25.0 Å². The summed E-state index contributed by atoms with van der Waals surface area (Å²) in [6.07, 6.45) is 1.97. The van der Waals surface area contributed by atoms with Crippen molar-refractivity contribution in [3.05, 3.63) is 58.1 Å². The fourth-order valence-electron chi connectivity index (χ4n) is 4.00. The maximum atomic E-state index is 11.2. The number of rotatable bonds is 3. The first kappa shape index (κ1) is 17.2. The monoisotopic (exact) mass is 373 g/mol. The maximum absolute atomic E-state index is 11.2. The van der Waals surface area contributed by atoms with Gasteiger partial charge in [0.2, 0.25) is 0 Å². The van der Waals surface area contributed by atoms with E-state index in [1.165, 1.54) is 6.07 Å². The molecule has 6 heteroatoms. The molecule has 0 aliphatic carbocycles.